The molecule has 3 rings (SSSR count). The van der Waals surface area contributed by atoms with Crippen LogP contribution in [0.4, 0.5) is 0 Å². The molecular formula is C15H19N3O. The number of aliphatic hydroxyl groups excluding tert-OH is 1. The molecule has 0 bridgehead atoms. The summed E-state index contributed by atoms with van der Waals surface area (Å²) in [7, 11) is 0. The summed E-state index contributed by atoms with van der Waals surface area (Å²) in [5.41, 5.74) is 1.88. The van der Waals surface area contributed by atoms with Crippen molar-refractivity contribution in [2.24, 2.45) is 5.92 Å². The predicted octanol–water partition coefficient (Wildman–Crippen LogP) is 1.91. The molecule has 1 aromatic heterocycles. The Morgan fingerprint density at radius 3 is 2.63 bits per heavy atom. The van der Waals surface area contributed by atoms with Crippen LogP contribution in [0.3, 0.4) is 0 Å². The van der Waals surface area contributed by atoms with Crippen LogP contribution in [0, 0.1) is 5.92 Å². The van der Waals surface area contributed by atoms with Crippen LogP contribution in [0.2, 0.25) is 0 Å². The summed E-state index contributed by atoms with van der Waals surface area (Å²) in [6, 6.07) is 11.9. The van der Waals surface area contributed by atoms with Gasteiger partial charge in [-0.15, -0.1) is 0 Å². The minimum atomic E-state index is -0.440. The van der Waals surface area contributed by atoms with E-state index in [1.807, 2.05) is 41.1 Å². The van der Waals surface area contributed by atoms with Gasteiger partial charge in [-0.1, -0.05) is 18.2 Å². The Morgan fingerprint density at radius 2 is 1.89 bits per heavy atom. The van der Waals surface area contributed by atoms with Gasteiger partial charge in [-0.2, -0.15) is 5.10 Å². The van der Waals surface area contributed by atoms with Gasteiger partial charge < -0.3 is 10.4 Å². The Bertz CT molecular complexity index is 517. The summed E-state index contributed by atoms with van der Waals surface area (Å²) < 4.78 is 1.84. The number of nitrogens with one attached hydrogen (secondary N) is 1. The fourth-order valence-corrected chi connectivity index (χ4v) is 2.72. The van der Waals surface area contributed by atoms with E-state index in [1.54, 1.807) is 6.20 Å². The summed E-state index contributed by atoms with van der Waals surface area (Å²) in [6.45, 7) is 1.97. The van der Waals surface area contributed by atoms with E-state index in [4.69, 9.17) is 0 Å². The van der Waals surface area contributed by atoms with Crippen LogP contribution >= 0.6 is 0 Å². The van der Waals surface area contributed by atoms with Crippen molar-refractivity contribution >= 4 is 0 Å². The Labute approximate surface area is 113 Å². The molecular weight excluding hydrogens is 238 g/mol. The highest BCUT2D eigenvalue weighted by molar-refractivity contribution is 5.32. The lowest BCUT2D eigenvalue weighted by Crippen LogP contribution is -2.31. The zero-order valence-electron chi connectivity index (χ0n) is 10.9. The number of hydrogen-bond donors (Lipinski definition) is 2. The highest BCUT2D eigenvalue weighted by atomic mass is 16.3. The number of rotatable bonds is 3. The second-order valence-corrected chi connectivity index (χ2v) is 5.04. The van der Waals surface area contributed by atoms with Crippen molar-refractivity contribution in [2.45, 2.75) is 18.9 Å². The molecule has 1 fully saturated rings. The molecule has 4 heteroatoms. The Hall–Kier alpha value is -1.65. The third-order valence-electron chi connectivity index (χ3n) is 3.81. The van der Waals surface area contributed by atoms with Crippen molar-refractivity contribution in [3.8, 4) is 5.69 Å². The molecule has 1 aromatic carbocycles. The number of para-hydroxylation sites is 1. The number of benzene rings is 1. The molecule has 0 saturated carbocycles. The Morgan fingerprint density at radius 1 is 1.16 bits per heavy atom. The van der Waals surface area contributed by atoms with Gasteiger partial charge in [0.05, 0.1) is 17.5 Å². The van der Waals surface area contributed by atoms with Gasteiger partial charge in [-0.25, -0.2) is 4.68 Å². The summed E-state index contributed by atoms with van der Waals surface area (Å²) in [5, 5.41) is 18.3. The van der Waals surface area contributed by atoms with E-state index in [2.05, 4.69) is 10.4 Å². The SMILES string of the molecule is OC(c1ccnn1-c1ccccc1)C1CCNCC1. The van der Waals surface area contributed by atoms with Gasteiger partial charge >= 0.3 is 0 Å². The van der Waals surface area contributed by atoms with E-state index in [1.165, 1.54) is 0 Å². The van der Waals surface area contributed by atoms with E-state index in [0.717, 1.165) is 37.3 Å². The van der Waals surface area contributed by atoms with E-state index in [-0.39, 0.29) is 0 Å². The standard InChI is InChI=1S/C15H19N3O/c19-15(12-6-9-16-10-7-12)14-8-11-17-18(14)13-4-2-1-3-5-13/h1-5,8,11-12,15-16,19H,6-7,9-10H2. The van der Waals surface area contributed by atoms with E-state index >= 15 is 0 Å². The molecule has 1 aliphatic heterocycles. The first-order chi connectivity index (χ1) is 9.36. The minimum absolute atomic E-state index is 0.320. The lowest BCUT2D eigenvalue weighted by Gasteiger charge is -2.27. The van der Waals surface area contributed by atoms with Crippen molar-refractivity contribution in [2.75, 3.05) is 13.1 Å². The monoisotopic (exact) mass is 257 g/mol. The quantitative estimate of drug-likeness (QED) is 0.883. The number of nitrogens with zero attached hydrogens (tertiary/aromatic N) is 2. The van der Waals surface area contributed by atoms with Crippen molar-refractivity contribution in [1.82, 2.24) is 15.1 Å². The van der Waals surface area contributed by atoms with Crippen LogP contribution in [-0.4, -0.2) is 28.0 Å². The fraction of sp³-hybridized carbons (Fsp3) is 0.400. The largest absolute Gasteiger partial charge is 0.387 e. The molecule has 0 spiro atoms. The molecule has 100 valence electrons. The average molecular weight is 257 g/mol. The van der Waals surface area contributed by atoms with Gasteiger partial charge in [-0.3, -0.25) is 0 Å². The van der Waals surface area contributed by atoms with Gasteiger partial charge in [0.25, 0.3) is 0 Å². The van der Waals surface area contributed by atoms with Gasteiger partial charge in [-0.05, 0) is 50.0 Å². The van der Waals surface area contributed by atoms with Crippen LogP contribution in [0.15, 0.2) is 42.6 Å². The summed E-state index contributed by atoms with van der Waals surface area (Å²) in [6.07, 6.45) is 3.35. The second-order valence-electron chi connectivity index (χ2n) is 5.04. The normalized spacial score (nSPS) is 18.4. The molecule has 0 radical (unpaired) electrons. The molecule has 0 aliphatic carbocycles. The first-order valence-electron chi connectivity index (χ1n) is 6.84. The van der Waals surface area contributed by atoms with Crippen molar-refractivity contribution in [3.05, 3.63) is 48.3 Å². The van der Waals surface area contributed by atoms with Gasteiger partial charge in [0, 0.05) is 6.20 Å². The first-order valence-corrected chi connectivity index (χ1v) is 6.84. The molecule has 1 saturated heterocycles. The molecule has 2 N–H and O–H groups in total. The van der Waals surface area contributed by atoms with Crippen LogP contribution in [0.25, 0.3) is 5.69 Å². The molecule has 2 heterocycles. The van der Waals surface area contributed by atoms with Gasteiger partial charge in [0.15, 0.2) is 0 Å². The zero-order valence-corrected chi connectivity index (χ0v) is 10.9. The highest BCUT2D eigenvalue weighted by Crippen LogP contribution is 2.29. The maximum absolute atomic E-state index is 10.6. The molecule has 1 atom stereocenters. The maximum Gasteiger partial charge on any atom is 0.0990 e. The van der Waals surface area contributed by atoms with Crippen LogP contribution < -0.4 is 5.32 Å². The lowest BCUT2D eigenvalue weighted by molar-refractivity contribution is 0.0830. The topological polar surface area (TPSA) is 50.1 Å². The van der Waals surface area contributed by atoms with Crippen molar-refractivity contribution in [3.63, 3.8) is 0 Å². The molecule has 0 amide bonds. The van der Waals surface area contributed by atoms with Crippen LogP contribution in [-0.2, 0) is 0 Å². The summed E-state index contributed by atoms with van der Waals surface area (Å²) in [4.78, 5) is 0. The highest BCUT2D eigenvalue weighted by Gasteiger charge is 2.25. The van der Waals surface area contributed by atoms with Crippen LogP contribution in [0.5, 0.6) is 0 Å². The molecule has 19 heavy (non-hydrogen) atoms. The summed E-state index contributed by atoms with van der Waals surface area (Å²) in [5.74, 6) is 0.320. The molecule has 4 nitrogen and oxygen atoms in total. The Balaban J connectivity index is 1.87. The van der Waals surface area contributed by atoms with Gasteiger partial charge in [0.2, 0.25) is 0 Å². The fourth-order valence-electron chi connectivity index (χ4n) is 2.72. The maximum atomic E-state index is 10.6. The third-order valence-corrected chi connectivity index (χ3v) is 3.81. The smallest absolute Gasteiger partial charge is 0.0990 e. The number of hydrogen-bond acceptors (Lipinski definition) is 3. The van der Waals surface area contributed by atoms with Crippen LogP contribution in [0.1, 0.15) is 24.6 Å². The second kappa shape index (κ2) is 5.55. The van der Waals surface area contributed by atoms with Gasteiger partial charge in [0.1, 0.15) is 0 Å². The average Bonchev–Trinajstić information content (AvgIpc) is 2.98. The van der Waals surface area contributed by atoms with Crippen molar-refractivity contribution < 1.29 is 5.11 Å². The molecule has 1 unspecified atom stereocenters. The number of aliphatic hydroxyl groups is 1. The van der Waals surface area contributed by atoms with E-state index in [9.17, 15) is 5.11 Å². The van der Waals surface area contributed by atoms with Crippen molar-refractivity contribution in [1.29, 1.82) is 0 Å². The molecule has 2 aromatic rings. The number of aromatic nitrogens is 2. The minimum Gasteiger partial charge on any atom is -0.387 e. The zero-order chi connectivity index (χ0) is 13.1. The van der Waals surface area contributed by atoms with E-state index < -0.39 is 6.10 Å². The third kappa shape index (κ3) is 2.55. The number of piperidine rings is 1. The first kappa shape index (κ1) is 12.4. The summed E-state index contributed by atoms with van der Waals surface area (Å²) >= 11 is 0. The molecule has 1 aliphatic rings. The lowest BCUT2D eigenvalue weighted by atomic mass is 9.90. The van der Waals surface area contributed by atoms with E-state index in [0.29, 0.717) is 5.92 Å². The Kier molecular flexibility index (Phi) is 3.62. The predicted molar refractivity (Wildman–Crippen MR) is 74.1 cm³/mol.